The molecule has 0 aliphatic heterocycles. The standard InChI is InChI=1S/C16H21N3O2S2/c1-11(2)21-15-17-18-16(23-15)22-12(3)14(20)19(4)10-13-8-6-5-7-9-13/h5-9,11-12H,10H2,1-4H3. The highest BCUT2D eigenvalue weighted by molar-refractivity contribution is 8.02. The maximum atomic E-state index is 12.5. The molecule has 0 spiro atoms. The van der Waals surface area contributed by atoms with Crippen LogP contribution in [0.4, 0.5) is 0 Å². The first-order valence-corrected chi connectivity index (χ1v) is 9.11. The van der Waals surface area contributed by atoms with Crippen LogP contribution in [0.25, 0.3) is 0 Å². The van der Waals surface area contributed by atoms with Gasteiger partial charge in [-0.15, -0.1) is 5.10 Å². The summed E-state index contributed by atoms with van der Waals surface area (Å²) in [4.78, 5) is 14.2. The van der Waals surface area contributed by atoms with E-state index in [1.807, 2.05) is 58.2 Å². The zero-order chi connectivity index (χ0) is 16.8. The largest absolute Gasteiger partial charge is 0.466 e. The van der Waals surface area contributed by atoms with Crippen molar-refractivity contribution in [3.05, 3.63) is 35.9 Å². The number of ether oxygens (including phenoxy) is 1. The molecule has 0 aliphatic rings. The number of carbonyl (C=O) groups is 1. The van der Waals surface area contributed by atoms with Gasteiger partial charge in [0.15, 0.2) is 4.34 Å². The number of thioether (sulfide) groups is 1. The molecule has 1 atom stereocenters. The van der Waals surface area contributed by atoms with E-state index in [0.29, 0.717) is 11.7 Å². The van der Waals surface area contributed by atoms with E-state index in [1.54, 1.807) is 4.90 Å². The zero-order valence-electron chi connectivity index (χ0n) is 13.7. The van der Waals surface area contributed by atoms with Crippen LogP contribution < -0.4 is 4.74 Å². The summed E-state index contributed by atoms with van der Waals surface area (Å²) in [7, 11) is 1.82. The minimum Gasteiger partial charge on any atom is -0.466 e. The summed E-state index contributed by atoms with van der Waals surface area (Å²) < 4.78 is 6.24. The van der Waals surface area contributed by atoms with Crippen LogP contribution in [0.2, 0.25) is 0 Å². The highest BCUT2D eigenvalue weighted by atomic mass is 32.2. The summed E-state index contributed by atoms with van der Waals surface area (Å²) >= 11 is 2.78. The fourth-order valence-corrected chi connectivity index (χ4v) is 4.00. The Morgan fingerprint density at radius 2 is 1.96 bits per heavy atom. The lowest BCUT2D eigenvalue weighted by Crippen LogP contribution is -2.32. The molecule has 0 fully saturated rings. The van der Waals surface area contributed by atoms with Crippen molar-refractivity contribution in [3.63, 3.8) is 0 Å². The summed E-state index contributed by atoms with van der Waals surface area (Å²) in [6.07, 6.45) is 0.0665. The van der Waals surface area contributed by atoms with E-state index in [4.69, 9.17) is 4.74 Å². The first kappa shape index (κ1) is 17.7. The van der Waals surface area contributed by atoms with E-state index >= 15 is 0 Å². The molecule has 2 aromatic rings. The van der Waals surface area contributed by atoms with E-state index in [-0.39, 0.29) is 17.3 Å². The average molecular weight is 351 g/mol. The minimum atomic E-state index is -0.219. The van der Waals surface area contributed by atoms with Crippen LogP contribution in [0.3, 0.4) is 0 Å². The van der Waals surface area contributed by atoms with Crippen LogP contribution in [0.15, 0.2) is 34.7 Å². The monoisotopic (exact) mass is 351 g/mol. The number of nitrogens with zero attached hydrogens (tertiary/aromatic N) is 3. The van der Waals surface area contributed by atoms with Crippen molar-refractivity contribution in [2.75, 3.05) is 7.05 Å². The first-order chi connectivity index (χ1) is 11.0. The molecule has 0 saturated carbocycles. The molecular formula is C16H21N3O2S2. The van der Waals surface area contributed by atoms with Gasteiger partial charge in [0, 0.05) is 13.6 Å². The Morgan fingerprint density at radius 1 is 1.26 bits per heavy atom. The summed E-state index contributed by atoms with van der Waals surface area (Å²) in [6, 6.07) is 9.95. The lowest BCUT2D eigenvalue weighted by Gasteiger charge is -2.20. The van der Waals surface area contributed by atoms with Crippen LogP contribution in [-0.4, -0.2) is 39.4 Å². The van der Waals surface area contributed by atoms with Gasteiger partial charge in [0.25, 0.3) is 5.19 Å². The number of amides is 1. The van der Waals surface area contributed by atoms with Gasteiger partial charge >= 0.3 is 0 Å². The molecule has 23 heavy (non-hydrogen) atoms. The Kier molecular flexibility index (Phi) is 6.41. The van der Waals surface area contributed by atoms with Gasteiger partial charge in [0.2, 0.25) is 5.91 Å². The van der Waals surface area contributed by atoms with Gasteiger partial charge in [-0.1, -0.05) is 47.2 Å². The predicted octanol–water partition coefficient (Wildman–Crippen LogP) is 3.46. The van der Waals surface area contributed by atoms with Crippen molar-refractivity contribution in [2.24, 2.45) is 0 Å². The second-order valence-electron chi connectivity index (χ2n) is 5.44. The van der Waals surface area contributed by atoms with E-state index in [2.05, 4.69) is 10.2 Å². The van der Waals surface area contributed by atoms with Crippen LogP contribution in [0.5, 0.6) is 5.19 Å². The van der Waals surface area contributed by atoms with Crippen LogP contribution >= 0.6 is 23.1 Å². The van der Waals surface area contributed by atoms with Gasteiger partial charge < -0.3 is 9.64 Å². The summed E-state index contributed by atoms with van der Waals surface area (Å²) in [6.45, 7) is 6.37. The Bertz CT molecular complexity index is 631. The molecule has 0 saturated heterocycles. The molecule has 1 unspecified atom stereocenters. The topological polar surface area (TPSA) is 55.3 Å². The molecule has 1 aromatic heterocycles. The Hall–Kier alpha value is -1.60. The third-order valence-corrected chi connectivity index (χ3v) is 4.97. The zero-order valence-corrected chi connectivity index (χ0v) is 15.4. The van der Waals surface area contributed by atoms with Crippen molar-refractivity contribution in [2.45, 2.75) is 43.0 Å². The molecule has 0 aliphatic carbocycles. The van der Waals surface area contributed by atoms with Crippen molar-refractivity contribution in [1.29, 1.82) is 0 Å². The maximum absolute atomic E-state index is 12.5. The van der Waals surface area contributed by atoms with Crippen LogP contribution in [0.1, 0.15) is 26.3 Å². The van der Waals surface area contributed by atoms with Gasteiger partial charge in [-0.3, -0.25) is 4.79 Å². The van der Waals surface area contributed by atoms with Crippen molar-refractivity contribution >= 4 is 29.0 Å². The van der Waals surface area contributed by atoms with E-state index in [0.717, 1.165) is 9.90 Å². The number of benzene rings is 1. The third-order valence-electron chi connectivity index (χ3n) is 2.99. The van der Waals surface area contributed by atoms with E-state index in [1.165, 1.54) is 23.1 Å². The van der Waals surface area contributed by atoms with Gasteiger partial charge in [-0.2, -0.15) is 0 Å². The normalized spacial score (nSPS) is 12.2. The molecule has 7 heteroatoms. The molecule has 0 radical (unpaired) electrons. The van der Waals surface area contributed by atoms with Crippen molar-refractivity contribution in [3.8, 4) is 5.19 Å². The van der Waals surface area contributed by atoms with E-state index < -0.39 is 0 Å². The number of hydrogen-bond donors (Lipinski definition) is 0. The molecular weight excluding hydrogens is 330 g/mol. The predicted molar refractivity (Wildman–Crippen MR) is 93.9 cm³/mol. The molecule has 5 nitrogen and oxygen atoms in total. The Morgan fingerprint density at radius 3 is 2.61 bits per heavy atom. The highest BCUT2D eigenvalue weighted by Gasteiger charge is 2.21. The van der Waals surface area contributed by atoms with Crippen LogP contribution in [-0.2, 0) is 11.3 Å². The second kappa shape index (κ2) is 8.31. The Balaban J connectivity index is 1.90. The van der Waals surface area contributed by atoms with Crippen molar-refractivity contribution in [1.82, 2.24) is 15.1 Å². The lowest BCUT2D eigenvalue weighted by molar-refractivity contribution is -0.129. The lowest BCUT2D eigenvalue weighted by atomic mass is 10.2. The smallest absolute Gasteiger partial charge is 0.295 e. The molecule has 2 rings (SSSR count). The van der Waals surface area contributed by atoms with Gasteiger partial charge in [0.1, 0.15) is 0 Å². The SMILES string of the molecule is CC(C)Oc1nnc(SC(C)C(=O)N(C)Cc2ccccc2)s1. The van der Waals surface area contributed by atoms with Gasteiger partial charge in [-0.05, 0) is 37.7 Å². The number of rotatable bonds is 7. The highest BCUT2D eigenvalue weighted by Crippen LogP contribution is 2.31. The molecule has 1 amide bonds. The third kappa shape index (κ3) is 5.51. The van der Waals surface area contributed by atoms with E-state index in [9.17, 15) is 4.79 Å². The van der Waals surface area contributed by atoms with Crippen LogP contribution in [0, 0.1) is 0 Å². The summed E-state index contributed by atoms with van der Waals surface area (Å²) in [5.74, 6) is 0.0698. The molecule has 0 bridgehead atoms. The average Bonchev–Trinajstić information content (AvgIpc) is 2.93. The quantitative estimate of drug-likeness (QED) is 0.715. The fourth-order valence-electron chi connectivity index (χ4n) is 1.94. The molecule has 1 aromatic carbocycles. The molecule has 0 N–H and O–H groups in total. The van der Waals surface area contributed by atoms with Gasteiger partial charge in [-0.25, -0.2) is 0 Å². The maximum Gasteiger partial charge on any atom is 0.295 e. The summed E-state index contributed by atoms with van der Waals surface area (Å²) in [5.41, 5.74) is 1.11. The Labute approximate surface area is 145 Å². The molecule has 1 heterocycles. The number of carbonyl (C=O) groups excluding carboxylic acids is 1. The minimum absolute atomic E-state index is 0.0665. The van der Waals surface area contributed by atoms with Crippen molar-refractivity contribution < 1.29 is 9.53 Å². The second-order valence-corrected chi connectivity index (χ2v) is 7.97. The molecule has 124 valence electrons. The van der Waals surface area contributed by atoms with Gasteiger partial charge in [0.05, 0.1) is 11.4 Å². The first-order valence-electron chi connectivity index (χ1n) is 7.41. The fraction of sp³-hybridized carbons (Fsp3) is 0.438. The number of aromatic nitrogens is 2. The summed E-state index contributed by atoms with van der Waals surface area (Å²) in [5, 5.41) is 8.38. The number of hydrogen-bond acceptors (Lipinski definition) is 6.